The highest BCUT2D eigenvalue weighted by Crippen LogP contribution is 2.13. The van der Waals surface area contributed by atoms with Crippen molar-refractivity contribution in [2.75, 3.05) is 13.2 Å². The molecule has 6 heteroatoms. The van der Waals surface area contributed by atoms with E-state index < -0.39 is 6.10 Å². The van der Waals surface area contributed by atoms with E-state index in [0.717, 1.165) is 70.6 Å². The first-order valence-electron chi connectivity index (χ1n) is 22.7. The normalized spacial score (nSPS) is 12.4. The van der Waals surface area contributed by atoms with E-state index in [-0.39, 0.29) is 37.5 Å². The van der Waals surface area contributed by atoms with Crippen molar-refractivity contribution in [2.45, 2.75) is 226 Å². The molecule has 0 fully saturated rings. The Balaban J connectivity index is 4.35. The van der Waals surface area contributed by atoms with Gasteiger partial charge in [-0.3, -0.25) is 14.4 Å². The van der Waals surface area contributed by atoms with Crippen LogP contribution in [0.3, 0.4) is 0 Å². The number of unbranched alkanes of at least 4 members (excludes halogenated alkanes) is 23. The van der Waals surface area contributed by atoms with Crippen molar-refractivity contribution in [2.24, 2.45) is 0 Å². The average molecular weight is 757 g/mol. The van der Waals surface area contributed by atoms with E-state index in [0.29, 0.717) is 19.3 Å². The number of hydrogen-bond acceptors (Lipinski definition) is 6. The molecule has 0 heterocycles. The molecule has 0 amide bonds. The smallest absolute Gasteiger partial charge is 0.306 e. The lowest BCUT2D eigenvalue weighted by Gasteiger charge is -2.18. The van der Waals surface area contributed by atoms with Crippen molar-refractivity contribution in [3.05, 3.63) is 48.6 Å². The van der Waals surface area contributed by atoms with Crippen molar-refractivity contribution in [3.8, 4) is 0 Å². The standard InChI is InChI=1S/C48H84O6/c1-4-7-10-13-16-19-20-21-22-23-24-25-26-27-30-32-35-38-41-47(50)53-44-45(54-48(51)42-39-36-33-29-18-15-12-9-6-3)43-52-46(49)40-37-34-31-28-17-14-11-8-5-2/h20-25,29,33,45H,4-19,26-28,30-32,34-44H2,1-3H3/b21-20-,23-22-,25-24-,33-29-. The maximum atomic E-state index is 12.6. The number of carbonyl (C=O) groups is 3. The molecule has 0 aromatic carbocycles. The first-order valence-corrected chi connectivity index (χ1v) is 22.7. The molecule has 0 bridgehead atoms. The highest BCUT2D eigenvalue weighted by Gasteiger charge is 2.19. The number of rotatable bonds is 40. The maximum Gasteiger partial charge on any atom is 0.306 e. The van der Waals surface area contributed by atoms with Crippen LogP contribution >= 0.6 is 0 Å². The zero-order valence-electron chi connectivity index (χ0n) is 35.5. The van der Waals surface area contributed by atoms with Crippen LogP contribution in [0, 0.1) is 0 Å². The molecule has 0 saturated carbocycles. The summed E-state index contributed by atoms with van der Waals surface area (Å²) in [6.07, 6.45) is 49.6. The molecule has 1 unspecified atom stereocenters. The quantitative estimate of drug-likeness (QED) is 0.0204. The Kier molecular flexibility index (Phi) is 41.0. The molecule has 0 N–H and O–H groups in total. The van der Waals surface area contributed by atoms with Crippen molar-refractivity contribution in [1.82, 2.24) is 0 Å². The SMILES string of the molecule is CCCCCC/C=C\CCCC(=O)OC(COC(=O)CCCCCCC\C=C/C=C\C=C/CCCCCCC)COC(=O)CCCCCCCCCCC. The highest BCUT2D eigenvalue weighted by atomic mass is 16.6. The summed E-state index contributed by atoms with van der Waals surface area (Å²) in [6, 6.07) is 0. The lowest BCUT2D eigenvalue weighted by Crippen LogP contribution is -2.30. The first kappa shape index (κ1) is 51.4. The largest absolute Gasteiger partial charge is 0.462 e. The molecule has 6 nitrogen and oxygen atoms in total. The number of carbonyl (C=O) groups excluding carboxylic acids is 3. The van der Waals surface area contributed by atoms with Crippen LogP contribution in [0.25, 0.3) is 0 Å². The van der Waals surface area contributed by atoms with E-state index in [1.165, 1.54) is 103 Å². The summed E-state index contributed by atoms with van der Waals surface area (Å²) in [7, 11) is 0. The highest BCUT2D eigenvalue weighted by molar-refractivity contribution is 5.71. The molecule has 0 aromatic rings. The van der Waals surface area contributed by atoms with Crippen LogP contribution in [0.5, 0.6) is 0 Å². The Morgan fingerprint density at radius 2 is 0.704 bits per heavy atom. The van der Waals surface area contributed by atoms with Crippen LogP contribution in [0.2, 0.25) is 0 Å². The molecule has 0 aromatic heterocycles. The molecule has 312 valence electrons. The fraction of sp³-hybridized carbons (Fsp3) is 0.771. The van der Waals surface area contributed by atoms with E-state index in [4.69, 9.17) is 14.2 Å². The predicted octanol–water partition coefficient (Wildman–Crippen LogP) is 14.4. The van der Waals surface area contributed by atoms with E-state index in [1.54, 1.807) is 0 Å². The van der Waals surface area contributed by atoms with Crippen LogP contribution in [-0.2, 0) is 28.6 Å². The summed E-state index contributed by atoms with van der Waals surface area (Å²) < 4.78 is 16.6. The van der Waals surface area contributed by atoms with Gasteiger partial charge >= 0.3 is 17.9 Å². The van der Waals surface area contributed by atoms with Gasteiger partial charge < -0.3 is 14.2 Å². The van der Waals surface area contributed by atoms with Crippen LogP contribution in [-0.4, -0.2) is 37.2 Å². The lowest BCUT2D eigenvalue weighted by atomic mass is 10.1. The van der Waals surface area contributed by atoms with Gasteiger partial charge in [-0.2, -0.15) is 0 Å². The number of esters is 3. The Morgan fingerprint density at radius 3 is 1.15 bits per heavy atom. The molecule has 1 atom stereocenters. The third-order valence-corrected chi connectivity index (χ3v) is 9.62. The monoisotopic (exact) mass is 757 g/mol. The minimum Gasteiger partial charge on any atom is -0.462 e. The first-order chi connectivity index (χ1) is 26.5. The van der Waals surface area contributed by atoms with Gasteiger partial charge in [0.1, 0.15) is 13.2 Å². The summed E-state index contributed by atoms with van der Waals surface area (Å²) in [5.41, 5.74) is 0. The van der Waals surface area contributed by atoms with Crippen molar-refractivity contribution >= 4 is 17.9 Å². The number of hydrogen-bond donors (Lipinski definition) is 0. The molecular weight excluding hydrogens is 673 g/mol. The number of allylic oxidation sites excluding steroid dienone is 8. The Labute approximate surface area is 333 Å². The van der Waals surface area contributed by atoms with Gasteiger partial charge in [-0.1, -0.05) is 185 Å². The number of ether oxygens (including phenoxy) is 3. The van der Waals surface area contributed by atoms with E-state index in [9.17, 15) is 14.4 Å². The maximum absolute atomic E-state index is 12.6. The second kappa shape index (κ2) is 43.1. The Bertz CT molecular complexity index is 964. The summed E-state index contributed by atoms with van der Waals surface area (Å²) in [6.45, 7) is 6.51. The molecule has 0 spiro atoms. The van der Waals surface area contributed by atoms with Crippen molar-refractivity contribution < 1.29 is 28.6 Å². The van der Waals surface area contributed by atoms with Gasteiger partial charge in [0, 0.05) is 19.3 Å². The third-order valence-electron chi connectivity index (χ3n) is 9.62. The van der Waals surface area contributed by atoms with E-state index in [1.807, 2.05) is 0 Å². The zero-order valence-corrected chi connectivity index (χ0v) is 35.5. The molecule has 54 heavy (non-hydrogen) atoms. The van der Waals surface area contributed by atoms with E-state index >= 15 is 0 Å². The average Bonchev–Trinajstić information content (AvgIpc) is 3.17. The minimum absolute atomic E-state index is 0.0902. The summed E-state index contributed by atoms with van der Waals surface area (Å²) in [5, 5.41) is 0. The fourth-order valence-electron chi connectivity index (χ4n) is 6.15. The van der Waals surface area contributed by atoms with Gasteiger partial charge in [0.05, 0.1) is 0 Å². The third kappa shape index (κ3) is 40.6. The Hall–Kier alpha value is -2.63. The summed E-state index contributed by atoms with van der Waals surface area (Å²) in [5.74, 6) is -0.952. The second-order valence-electron chi connectivity index (χ2n) is 15.0. The topological polar surface area (TPSA) is 78.9 Å². The minimum atomic E-state index is -0.790. The molecule has 0 aliphatic carbocycles. The lowest BCUT2D eigenvalue weighted by molar-refractivity contribution is -0.167. The van der Waals surface area contributed by atoms with Gasteiger partial charge in [-0.05, 0) is 64.2 Å². The predicted molar refractivity (Wildman–Crippen MR) is 229 cm³/mol. The molecule has 0 aliphatic heterocycles. The van der Waals surface area contributed by atoms with Gasteiger partial charge in [-0.25, -0.2) is 0 Å². The fourth-order valence-corrected chi connectivity index (χ4v) is 6.15. The molecule has 0 radical (unpaired) electrons. The second-order valence-corrected chi connectivity index (χ2v) is 15.0. The van der Waals surface area contributed by atoms with Crippen molar-refractivity contribution in [3.63, 3.8) is 0 Å². The van der Waals surface area contributed by atoms with Gasteiger partial charge in [0.25, 0.3) is 0 Å². The van der Waals surface area contributed by atoms with Crippen LogP contribution in [0.15, 0.2) is 48.6 Å². The van der Waals surface area contributed by atoms with Crippen LogP contribution in [0.4, 0.5) is 0 Å². The van der Waals surface area contributed by atoms with Gasteiger partial charge in [0.2, 0.25) is 0 Å². The van der Waals surface area contributed by atoms with Gasteiger partial charge in [-0.15, -0.1) is 0 Å². The summed E-state index contributed by atoms with van der Waals surface area (Å²) >= 11 is 0. The Morgan fingerprint density at radius 1 is 0.370 bits per heavy atom. The molecule has 0 aliphatic rings. The molecule has 0 rings (SSSR count). The molecular formula is C48H84O6. The van der Waals surface area contributed by atoms with Crippen LogP contribution < -0.4 is 0 Å². The van der Waals surface area contributed by atoms with E-state index in [2.05, 4.69) is 69.4 Å². The summed E-state index contributed by atoms with van der Waals surface area (Å²) in [4.78, 5) is 37.6. The van der Waals surface area contributed by atoms with Gasteiger partial charge in [0.15, 0.2) is 6.10 Å². The van der Waals surface area contributed by atoms with Crippen LogP contribution in [0.1, 0.15) is 220 Å². The van der Waals surface area contributed by atoms with Crippen molar-refractivity contribution in [1.29, 1.82) is 0 Å². The zero-order chi connectivity index (χ0) is 39.4. The molecule has 0 saturated heterocycles.